The first-order chi connectivity index (χ1) is 8.06. The first-order valence-corrected chi connectivity index (χ1v) is 6.41. The SMILES string of the molecule is Cc1nn(C(C)C)cc1NCc1ccc(F)s1. The van der Waals surface area contributed by atoms with Crippen molar-refractivity contribution in [3.63, 3.8) is 0 Å². The van der Waals surface area contributed by atoms with Gasteiger partial charge in [-0.3, -0.25) is 4.68 Å². The summed E-state index contributed by atoms with van der Waals surface area (Å²) in [6, 6.07) is 3.64. The summed E-state index contributed by atoms with van der Waals surface area (Å²) in [6.07, 6.45) is 1.99. The highest BCUT2D eigenvalue weighted by Gasteiger charge is 2.07. The molecule has 0 amide bonds. The van der Waals surface area contributed by atoms with Crippen molar-refractivity contribution in [3.05, 3.63) is 34.0 Å². The van der Waals surface area contributed by atoms with Gasteiger partial charge in [0.15, 0.2) is 5.13 Å². The molecule has 0 aliphatic heterocycles. The van der Waals surface area contributed by atoms with Crippen molar-refractivity contribution < 1.29 is 4.39 Å². The zero-order valence-corrected chi connectivity index (χ0v) is 11.0. The Morgan fingerprint density at radius 2 is 2.24 bits per heavy atom. The molecule has 2 rings (SSSR count). The van der Waals surface area contributed by atoms with E-state index in [0.29, 0.717) is 12.6 Å². The van der Waals surface area contributed by atoms with E-state index < -0.39 is 0 Å². The highest BCUT2D eigenvalue weighted by molar-refractivity contribution is 7.10. The Labute approximate surface area is 104 Å². The number of hydrogen-bond acceptors (Lipinski definition) is 3. The molecule has 1 N–H and O–H groups in total. The lowest BCUT2D eigenvalue weighted by Gasteiger charge is -2.03. The van der Waals surface area contributed by atoms with Crippen molar-refractivity contribution in [1.82, 2.24) is 9.78 Å². The van der Waals surface area contributed by atoms with Crippen LogP contribution in [-0.2, 0) is 6.54 Å². The van der Waals surface area contributed by atoms with Gasteiger partial charge in [0.05, 0.1) is 11.4 Å². The van der Waals surface area contributed by atoms with Crippen molar-refractivity contribution in [2.24, 2.45) is 0 Å². The quantitative estimate of drug-likeness (QED) is 0.902. The Balaban J connectivity index is 2.03. The molecule has 2 aromatic rings. The molecular weight excluding hydrogens is 237 g/mol. The van der Waals surface area contributed by atoms with Crippen LogP contribution in [-0.4, -0.2) is 9.78 Å². The van der Waals surface area contributed by atoms with Crippen LogP contribution in [0.4, 0.5) is 10.1 Å². The number of nitrogens with zero attached hydrogens (tertiary/aromatic N) is 2. The standard InChI is InChI=1S/C12H16FN3S/c1-8(2)16-7-11(9(3)15-16)14-6-10-4-5-12(13)17-10/h4-5,7-8,14H,6H2,1-3H3. The van der Waals surface area contributed by atoms with E-state index >= 15 is 0 Å². The van der Waals surface area contributed by atoms with Crippen LogP contribution in [0.15, 0.2) is 18.3 Å². The molecule has 0 aliphatic carbocycles. The molecule has 0 radical (unpaired) electrons. The van der Waals surface area contributed by atoms with Crippen molar-refractivity contribution >= 4 is 17.0 Å². The zero-order valence-electron chi connectivity index (χ0n) is 10.2. The molecule has 0 unspecified atom stereocenters. The van der Waals surface area contributed by atoms with E-state index in [1.54, 1.807) is 6.07 Å². The molecule has 0 spiro atoms. The first kappa shape index (κ1) is 12.1. The van der Waals surface area contributed by atoms with Gasteiger partial charge in [-0.05, 0) is 32.9 Å². The van der Waals surface area contributed by atoms with Gasteiger partial charge in [0, 0.05) is 23.7 Å². The monoisotopic (exact) mass is 253 g/mol. The molecule has 0 aliphatic rings. The van der Waals surface area contributed by atoms with Gasteiger partial charge in [0.1, 0.15) is 0 Å². The minimum Gasteiger partial charge on any atom is -0.377 e. The maximum Gasteiger partial charge on any atom is 0.176 e. The van der Waals surface area contributed by atoms with Gasteiger partial charge >= 0.3 is 0 Å². The van der Waals surface area contributed by atoms with Gasteiger partial charge in [-0.1, -0.05) is 0 Å². The lowest BCUT2D eigenvalue weighted by Crippen LogP contribution is -2.00. The molecule has 2 heterocycles. The van der Waals surface area contributed by atoms with Crippen LogP contribution in [0, 0.1) is 12.1 Å². The maximum absolute atomic E-state index is 12.8. The zero-order chi connectivity index (χ0) is 12.4. The second-order valence-corrected chi connectivity index (χ2v) is 5.38. The smallest absolute Gasteiger partial charge is 0.176 e. The summed E-state index contributed by atoms with van der Waals surface area (Å²) in [5.74, 6) is 0. The predicted molar refractivity (Wildman–Crippen MR) is 69.0 cm³/mol. The number of anilines is 1. The summed E-state index contributed by atoms with van der Waals surface area (Å²) in [4.78, 5) is 0.985. The number of halogens is 1. The molecule has 0 saturated heterocycles. The largest absolute Gasteiger partial charge is 0.377 e. The highest BCUT2D eigenvalue weighted by Crippen LogP contribution is 2.19. The fraction of sp³-hybridized carbons (Fsp3) is 0.417. The third-order valence-corrected chi connectivity index (χ3v) is 3.40. The Bertz CT molecular complexity index is 502. The van der Waals surface area contributed by atoms with E-state index in [4.69, 9.17) is 0 Å². The summed E-state index contributed by atoms with van der Waals surface area (Å²) in [7, 11) is 0. The van der Waals surface area contributed by atoms with E-state index in [-0.39, 0.29) is 5.13 Å². The summed E-state index contributed by atoms with van der Waals surface area (Å²) in [5.41, 5.74) is 1.98. The van der Waals surface area contributed by atoms with E-state index in [9.17, 15) is 4.39 Å². The average molecular weight is 253 g/mol. The van der Waals surface area contributed by atoms with Gasteiger partial charge in [-0.2, -0.15) is 9.49 Å². The lowest BCUT2D eigenvalue weighted by molar-refractivity contribution is 0.529. The summed E-state index contributed by atoms with van der Waals surface area (Å²) in [6.45, 7) is 6.78. The van der Waals surface area contributed by atoms with Crippen molar-refractivity contribution in [3.8, 4) is 0 Å². The number of rotatable bonds is 4. The molecule has 0 bridgehead atoms. The van der Waals surface area contributed by atoms with Crippen LogP contribution in [0.25, 0.3) is 0 Å². The molecule has 0 fully saturated rings. The topological polar surface area (TPSA) is 29.9 Å². The van der Waals surface area contributed by atoms with Crippen LogP contribution >= 0.6 is 11.3 Å². The molecular formula is C12H16FN3S. The molecule has 2 aromatic heterocycles. The summed E-state index contributed by atoms with van der Waals surface area (Å²) < 4.78 is 14.7. The third-order valence-electron chi connectivity index (χ3n) is 2.53. The van der Waals surface area contributed by atoms with Gasteiger partial charge in [0.2, 0.25) is 0 Å². The molecule has 0 saturated carbocycles. The molecule has 92 valence electrons. The van der Waals surface area contributed by atoms with Gasteiger partial charge in [0.25, 0.3) is 0 Å². The maximum atomic E-state index is 12.8. The van der Waals surface area contributed by atoms with Crippen molar-refractivity contribution in [1.29, 1.82) is 0 Å². The van der Waals surface area contributed by atoms with Crippen molar-refractivity contribution in [2.75, 3.05) is 5.32 Å². The van der Waals surface area contributed by atoms with E-state index in [1.807, 2.05) is 17.8 Å². The molecule has 5 heteroatoms. The third kappa shape index (κ3) is 2.85. The van der Waals surface area contributed by atoms with Gasteiger partial charge in [-0.15, -0.1) is 11.3 Å². The lowest BCUT2D eigenvalue weighted by atomic mass is 10.3. The fourth-order valence-electron chi connectivity index (χ4n) is 1.55. The Kier molecular flexibility index (Phi) is 3.47. The highest BCUT2D eigenvalue weighted by atomic mass is 32.1. The average Bonchev–Trinajstić information content (AvgIpc) is 2.82. The second kappa shape index (κ2) is 4.87. The number of thiophene rings is 1. The van der Waals surface area contributed by atoms with Crippen LogP contribution in [0.1, 0.15) is 30.5 Å². The fourth-order valence-corrected chi connectivity index (χ4v) is 2.22. The van der Waals surface area contributed by atoms with Gasteiger partial charge < -0.3 is 5.32 Å². The molecule has 0 aromatic carbocycles. The normalized spacial score (nSPS) is 11.1. The summed E-state index contributed by atoms with van der Waals surface area (Å²) in [5, 5.41) is 7.55. The molecule has 17 heavy (non-hydrogen) atoms. The number of nitrogens with one attached hydrogen (secondary N) is 1. The van der Waals surface area contributed by atoms with Gasteiger partial charge in [-0.25, -0.2) is 0 Å². The number of aryl methyl sites for hydroxylation is 1. The number of aromatic nitrogens is 2. The number of hydrogen-bond donors (Lipinski definition) is 1. The van der Waals surface area contributed by atoms with Crippen LogP contribution < -0.4 is 5.32 Å². The Hall–Kier alpha value is -1.36. The Morgan fingerprint density at radius 1 is 1.47 bits per heavy atom. The molecule has 3 nitrogen and oxygen atoms in total. The predicted octanol–water partition coefficient (Wildman–Crippen LogP) is 3.59. The van der Waals surface area contributed by atoms with E-state index in [2.05, 4.69) is 24.3 Å². The van der Waals surface area contributed by atoms with E-state index in [1.165, 1.54) is 17.4 Å². The summed E-state index contributed by atoms with van der Waals surface area (Å²) >= 11 is 1.17. The van der Waals surface area contributed by atoms with Crippen LogP contribution in [0.2, 0.25) is 0 Å². The first-order valence-electron chi connectivity index (χ1n) is 5.60. The Morgan fingerprint density at radius 3 is 2.76 bits per heavy atom. The van der Waals surface area contributed by atoms with Crippen molar-refractivity contribution in [2.45, 2.75) is 33.4 Å². The van der Waals surface area contributed by atoms with Crippen LogP contribution in [0.5, 0.6) is 0 Å². The minimum absolute atomic E-state index is 0.142. The second-order valence-electron chi connectivity index (χ2n) is 4.26. The van der Waals surface area contributed by atoms with E-state index in [0.717, 1.165) is 16.3 Å². The molecule has 0 atom stereocenters. The minimum atomic E-state index is -0.142. The van der Waals surface area contributed by atoms with Crippen LogP contribution in [0.3, 0.4) is 0 Å².